The summed E-state index contributed by atoms with van der Waals surface area (Å²) in [6.45, 7) is 7.85. The summed E-state index contributed by atoms with van der Waals surface area (Å²) in [4.78, 5) is 2.34. The number of ether oxygens (including phenoxy) is 2. The van der Waals surface area contributed by atoms with E-state index in [1.807, 2.05) is 23.7 Å². The summed E-state index contributed by atoms with van der Waals surface area (Å²) in [6, 6.07) is 16.6. The van der Waals surface area contributed by atoms with Gasteiger partial charge < -0.3 is 14.6 Å². The second-order valence-electron chi connectivity index (χ2n) is 9.22. The van der Waals surface area contributed by atoms with Gasteiger partial charge in [0.2, 0.25) is 0 Å². The molecule has 1 fully saturated rings. The summed E-state index contributed by atoms with van der Waals surface area (Å²) < 4.78 is 27.4. The first-order valence-corrected chi connectivity index (χ1v) is 12.0. The molecule has 1 aliphatic rings. The monoisotopic (exact) mass is 467 g/mol. The van der Waals surface area contributed by atoms with Gasteiger partial charge in [0.15, 0.2) is 11.6 Å². The number of hydrogen-bond acceptors (Lipinski definition) is 5. The second kappa shape index (κ2) is 11.0. The van der Waals surface area contributed by atoms with E-state index in [-0.39, 0.29) is 12.4 Å². The van der Waals surface area contributed by atoms with Gasteiger partial charge in [0, 0.05) is 18.8 Å². The van der Waals surface area contributed by atoms with Gasteiger partial charge in [0.1, 0.15) is 19.0 Å². The van der Waals surface area contributed by atoms with E-state index in [0.29, 0.717) is 26.0 Å². The van der Waals surface area contributed by atoms with Gasteiger partial charge >= 0.3 is 0 Å². The van der Waals surface area contributed by atoms with E-state index in [2.05, 4.69) is 35.1 Å². The van der Waals surface area contributed by atoms with Crippen LogP contribution in [0.1, 0.15) is 36.2 Å². The van der Waals surface area contributed by atoms with Crippen molar-refractivity contribution in [1.82, 2.24) is 14.7 Å². The minimum Gasteiger partial charge on any atom is -0.492 e. The summed E-state index contributed by atoms with van der Waals surface area (Å²) in [5.41, 5.74) is 2.37. The van der Waals surface area contributed by atoms with Crippen molar-refractivity contribution in [1.29, 1.82) is 0 Å². The fraction of sp³-hybridized carbons (Fsp3) is 0.444. The summed E-state index contributed by atoms with van der Waals surface area (Å²) in [7, 11) is 0. The molecular weight excluding hydrogens is 433 g/mol. The van der Waals surface area contributed by atoms with E-state index in [4.69, 9.17) is 9.47 Å². The highest BCUT2D eigenvalue weighted by atomic mass is 19.1. The van der Waals surface area contributed by atoms with Crippen LogP contribution in [0.3, 0.4) is 0 Å². The molecule has 182 valence electrons. The molecule has 0 saturated carbocycles. The number of aromatic nitrogens is 2. The van der Waals surface area contributed by atoms with Crippen LogP contribution in [0, 0.1) is 19.7 Å². The molecule has 1 aliphatic heterocycles. The van der Waals surface area contributed by atoms with Crippen molar-refractivity contribution in [2.24, 2.45) is 0 Å². The summed E-state index contributed by atoms with van der Waals surface area (Å²) in [5.74, 6) is 0.633. The normalized spacial score (nSPS) is 19.1. The highest BCUT2D eigenvalue weighted by molar-refractivity contribution is 5.28. The Labute approximate surface area is 200 Å². The molecule has 3 aromatic rings. The molecule has 34 heavy (non-hydrogen) atoms. The fourth-order valence-corrected chi connectivity index (χ4v) is 4.45. The van der Waals surface area contributed by atoms with Crippen LogP contribution in [0.25, 0.3) is 0 Å². The SMILES string of the molecule is Cc1cc(C)n(CCOc2cccc(CN3CCCC(O)(COc4ccccc4F)CC3)c2)n1. The molecule has 1 aromatic heterocycles. The van der Waals surface area contributed by atoms with Crippen LogP contribution in [0.4, 0.5) is 4.39 Å². The van der Waals surface area contributed by atoms with Crippen LogP contribution >= 0.6 is 0 Å². The molecular formula is C27H34FN3O3. The molecule has 7 heteroatoms. The van der Waals surface area contributed by atoms with Crippen molar-refractivity contribution in [3.63, 3.8) is 0 Å². The van der Waals surface area contributed by atoms with Crippen molar-refractivity contribution < 1.29 is 19.0 Å². The van der Waals surface area contributed by atoms with E-state index < -0.39 is 11.4 Å². The predicted octanol–water partition coefficient (Wildman–Crippen LogP) is 4.51. The van der Waals surface area contributed by atoms with Gasteiger partial charge in [-0.1, -0.05) is 24.3 Å². The van der Waals surface area contributed by atoms with Gasteiger partial charge in [-0.05, 0) is 75.5 Å². The maximum absolute atomic E-state index is 13.8. The Morgan fingerprint density at radius 3 is 2.68 bits per heavy atom. The molecule has 0 amide bonds. The summed E-state index contributed by atoms with van der Waals surface area (Å²) in [6.07, 6.45) is 2.07. The van der Waals surface area contributed by atoms with E-state index >= 15 is 0 Å². The molecule has 1 saturated heterocycles. The zero-order valence-corrected chi connectivity index (χ0v) is 20.0. The second-order valence-corrected chi connectivity index (χ2v) is 9.22. The first-order chi connectivity index (χ1) is 16.4. The number of hydrogen-bond donors (Lipinski definition) is 1. The number of rotatable bonds is 9. The lowest BCUT2D eigenvalue weighted by molar-refractivity contribution is -0.0177. The number of aryl methyl sites for hydroxylation is 2. The zero-order valence-electron chi connectivity index (χ0n) is 20.0. The Bertz CT molecular complexity index is 1090. The molecule has 1 N–H and O–H groups in total. The lowest BCUT2D eigenvalue weighted by atomic mass is 9.96. The molecule has 0 spiro atoms. The van der Waals surface area contributed by atoms with Gasteiger partial charge in [-0.3, -0.25) is 9.58 Å². The van der Waals surface area contributed by atoms with Gasteiger partial charge in [0.05, 0.1) is 17.8 Å². The van der Waals surface area contributed by atoms with Crippen LogP contribution in [-0.4, -0.2) is 51.7 Å². The van der Waals surface area contributed by atoms with E-state index in [9.17, 15) is 9.50 Å². The predicted molar refractivity (Wildman–Crippen MR) is 130 cm³/mol. The zero-order chi connectivity index (χ0) is 24.0. The molecule has 0 bridgehead atoms. The topological polar surface area (TPSA) is 59.8 Å². The summed E-state index contributed by atoms with van der Waals surface area (Å²) in [5, 5.41) is 15.5. The van der Waals surface area contributed by atoms with Crippen LogP contribution in [0.2, 0.25) is 0 Å². The van der Waals surface area contributed by atoms with Crippen LogP contribution < -0.4 is 9.47 Å². The number of halogens is 1. The Balaban J connectivity index is 1.27. The minimum absolute atomic E-state index is 0.0976. The third-order valence-electron chi connectivity index (χ3n) is 6.32. The van der Waals surface area contributed by atoms with Crippen molar-refractivity contribution in [2.75, 3.05) is 26.3 Å². The largest absolute Gasteiger partial charge is 0.492 e. The minimum atomic E-state index is -0.953. The fourth-order valence-electron chi connectivity index (χ4n) is 4.45. The highest BCUT2D eigenvalue weighted by Gasteiger charge is 2.31. The Morgan fingerprint density at radius 1 is 1.03 bits per heavy atom. The summed E-state index contributed by atoms with van der Waals surface area (Å²) >= 11 is 0. The van der Waals surface area contributed by atoms with Crippen LogP contribution in [0.15, 0.2) is 54.6 Å². The quantitative estimate of drug-likeness (QED) is 0.502. The van der Waals surface area contributed by atoms with E-state index in [0.717, 1.165) is 43.2 Å². The number of aliphatic hydroxyl groups is 1. The van der Waals surface area contributed by atoms with Crippen molar-refractivity contribution >= 4 is 0 Å². The smallest absolute Gasteiger partial charge is 0.165 e. The number of nitrogens with zero attached hydrogens (tertiary/aromatic N) is 3. The van der Waals surface area contributed by atoms with Crippen molar-refractivity contribution in [3.05, 3.63) is 77.4 Å². The van der Waals surface area contributed by atoms with Crippen LogP contribution in [0.5, 0.6) is 11.5 Å². The van der Waals surface area contributed by atoms with Gasteiger partial charge in [-0.25, -0.2) is 4.39 Å². The van der Waals surface area contributed by atoms with Crippen LogP contribution in [-0.2, 0) is 13.1 Å². The molecule has 0 radical (unpaired) electrons. The van der Waals surface area contributed by atoms with E-state index in [1.165, 1.54) is 11.6 Å². The first kappa shape index (κ1) is 24.2. The lowest BCUT2D eigenvalue weighted by Gasteiger charge is -2.27. The van der Waals surface area contributed by atoms with Crippen molar-refractivity contribution in [2.45, 2.75) is 51.8 Å². The van der Waals surface area contributed by atoms with Gasteiger partial charge in [0.25, 0.3) is 0 Å². The number of benzene rings is 2. The van der Waals surface area contributed by atoms with E-state index in [1.54, 1.807) is 18.2 Å². The number of para-hydroxylation sites is 1. The first-order valence-electron chi connectivity index (χ1n) is 12.0. The number of likely N-dealkylation sites (tertiary alicyclic amines) is 1. The lowest BCUT2D eigenvalue weighted by Crippen LogP contribution is -2.37. The van der Waals surface area contributed by atoms with Crippen molar-refractivity contribution in [3.8, 4) is 11.5 Å². The van der Waals surface area contributed by atoms with Gasteiger partial charge in [-0.15, -0.1) is 0 Å². The maximum atomic E-state index is 13.8. The Hall–Kier alpha value is -2.90. The average Bonchev–Trinajstić information content (AvgIpc) is 3.02. The average molecular weight is 468 g/mol. The standard InChI is InChI=1S/C27H34FN3O3/c1-21-17-22(2)31(29-21)15-16-33-24-8-5-7-23(18-24)19-30-13-6-11-27(32,12-14-30)20-34-26-10-4-3-9-25(26)28/h3-5,7-10,17-18,32H,6,11-16,19-20H2,1-2H3. The third-order valence-corrected chi connectivity index (χ3v) is 6.32. The molecule has 2 aromatic carbocycles. The van der Waals surface area contributed by atoms with Gasteiger partial charge in [-0.2, -0.15) is 5.10 Å². The Kier molecular flexibility index (Phi) is 7.85. The molecule has 1 unspecified atom stereocenters. The molecule has 0 aliphatic carbocycles. The maximum Gasteiger partial charge on any atom is 0.165 e. The third kappa shape index (κ3) is 6.58. The molecule has 1 atom stereocenters. The highest BCUT2D eigenvalue weighted by Crippen LogP contribution is 2.26. The molecule has 6 nitrogen and oxygen atoms in total. The molecule has 2 heterocycles. The molecule has 4 rings (SSSR count). The Morgan fingerprint density at radius 2 is 1.88 bits per heavy atom.